The lowest BCUT2D eigenvalue weighted by Gasteiger charge is -2.20. The van der Waals surface area contributed by atoms with Gasteiger partial charge in [-0.2, -0.15) is 13.2 Å². The van der Waals surface area contributed by atoms with Gasteiger partial charge in [-0.25, -0.2) is 0 Å². The molecule has 1 aromatic rings. The monoisotopic (exact) mass is 259 g/mol. The summed E-state index contributed by atoms with van der Waals surface area (Å²) in [6.45, 7) is 0.427. The Morgan fingerprint density at radius 3 is 2.56 bits per heavy atom. The Kier molecular flexibility index (Phi) is 3.19. The molecule has 3 nitrogen and oxygen atoms in total. The van der Waals surface area contributed by atoms with Crippen molar-refractivity contribution in [2.75, 3.05) is 18.6 Å². The normalized spacial score (nSPS) is 16.2. The van der Waals surface area contributed by atoms with E-state index in [0.29, 0.717) is 19.4 Å². The fourth-order valence-corrected chi connectivity index (χ4v) is 1.98. The molecule has 18 heavy (non-hydrogen) atoms. The van der Waals surface area contributed by atoms with E-state index in [0.717, 1.165) is 12.1 Å². The van der Waals surface area contributed by atoms with Gasteiger partial charge in [-0.3, -0.25) is 4.79 Å². The zero-order valence-corrected chi connectivity index (χ0v) is 9.75. The topological polar surface area (TPSA) is 29.5 Å². The van der Waals surface area contributed by atoms with Crippen LogP contribution in [0.3, 0.4) is 0 Å². The fourth-order valence-electron chi connectivity index (χ4n) is 1.98. The minimum Gasteiger partial charge on any atom is -0.495 e. The van der Waals surface area contributed by atoms with Gasteiger partial charge in [-0.15, -0.1) is 0 Å². The summed E-state index contributed by atoms with van der Waals surface area (Å²) < 4.78 is 42.9. The van der Waals surface area contributed by atoms with Crippen LogP contribution in [-0.4, -0.2) is 19.6 Å². The molecule has 0 aromatic heterocycles. The molecule has 1 aromatic carbocycles. The number of rotatable bonds is 2. The van der Waals surface area contributed by atoms with Crippen LogP contribution in [0.4, 0.5) is 18.9 Å². The van der Waals surface area contributed by atoms with Gasteiger partial charge in [0.1, 0.15) is 5.75 Å². The van der Waals surface area contributed by atoms with Crippen LogP contribution in [0.2, 0.25) is 0 Å². The Labute approximate surface area is 102 Å². The minimum absolute atomic E-state index is 0.173. The molecular weight excluding hydrogens is 247 g/mol. The molecule has 2 rings (SSSR count). The molecule has 0 saturated carbocycles. The Morgan fingerprint density at radius 1 is 1.33 bits per heavy atom. The maximum atomic E-state index is 12.6. The number of halogens is 3. The molecule has 0 atom stereocenters. The summed E-state index contributed by atoms with van der Waals surface area (Å²) in [6, 6.07) is 3.15. The van der Waals surface area contributed by atoms with Crippen LogP contribution in [0.1, 0.15) is 18.4 Å². The van der Waals surface area contributed by atoms with E-state index >= 15 is 0 Å². The molecule has 0 spiro atoms. The Morgan fingerprint density at radius 2 is 2.06 bits per heavy atom. The van der Waals surface area contributed by atoms with Crippen molar-refractivity contribution in [3.8, 4) is 5.75 Å². The maximum absolute atomic E-state index is 12.6. The number of benzene rings is 1. The first-order valence-electron chi connectivity index (χ1n) is 5.49. The number of hydrogen-bond donors (Lipinski definition) is 0. The van der Waals surface area contributed by atoms with Gasteiger partial charge < -0.3 is 9.64 Å². The van der Waals surface area contributed by atoms with E-state index < -0.39 is 11.7 Å². The molecule has 0 bridgehead atoms. The van der Waals surface area contributed by atoms with Crippen molar-refractivity contribution >= 4 is 11.6 Å². The summed E-state index contributed by atoms with van der Waals surface area (Å²) in [6.07, 6.45) is -3.42. The van der Waals surface area contributed by atoms with Gasteiger partial charge in [-0.1, -0.05) is 0 Å². The number of methoxy groups -OCH3 is 1. The van der Waals surface area contributed by atoms with E-state index in [4.69, 9.17) is 4.74 Å². The SMILES string of the molecule is COc1ccc(C(F)(F)F)cc1N1CCCC1=O. The smallest absolute Gasteiger partial charge is 0.416 e. The van der Waals surface area contributed by atoms with Gasteiger partial charge in [0.15, 0.2) is 0 Å². The first-order valence-corrected chi connectivity index (χ1v) is 5.49. The highest BCUT2D eigenvalue weighted by Gasteiger charge is 2.33. The zero-order valence-electron chi connectivity index (χ0n) is 9.75. The lowest BCUT2D eigenvalue weighted by atomic mass is 10.1. The van der Waals surface area contributed by atoms with Crippen LogP contribution < -0.4 is 9.64 Å². The number of carbonyl (C=O) groups excluding carboxylic acids is 1. The zero-order chi connectivity index (χ0) is 13.3. The van der Waals surface area contributed by atoms with Crippen molar-refractivity contribution in [3.05, 3.63) is 23.8 Å². The Hall–Kier alpha value is -1.72. The van der Waals surface area contributed by atoms with Gasteiger partial charge >= 0.3 is 6.18 Å². The second-order valence-corrected chi connectivity index (χ2v) is 4.03. The van der Waals surface area contributed by atoms with Crippen LogP contribution in [0.15, 0.2) is 18.2 Å². The molecule has 1 saturated heterocycles. The van der Waals surface area contributed by atoms with E-state index in [-0.39, 0.29) is 17.3 Å². The average Bonchev–Trinajstić information content (AvgIpc) is 2.73. The molecule has 0 unspecified atom stereocenters. The summed E-state index contributed by atoms with van der Waals surface area (Å²) in [5.41, 5.74) is -0.590. The number of alkyl halides is 3. The lowest BCUT2D eigenvalue weighted by Crippen LogP contribution is -2.24. The number of anilines is 1. The highest BCUT2D eigenvalue weighted by Crippen LogP contribution is 2.37. The first kappa shape index (κ1) is 12.7. The van der Waals surface area contributed by atoms with Crippen molar-refractivity contribution in [2.24, 2.45) is 0 Å². The van der Waals surface area contributed by atoms with Gasteiger partial charge in [0.25, 0.3) is 0 Å². The summed E-state index contributed by atoms with van der Waals surface area (Å²) in [4.78, 5) is 12.9. The molecule has 1 heterocycles. The highest BCUT2D eigenvalue weighted by atomic mass is 19.4. The minimum atomic E-state index is -4.43. The van der Waals surface area contributed by atoms with E-state index in [2.05, 4.69) is 0 Å². The summed E-state index contributed by atoms with van der Waals surface area (Å²) in [7, 11) is 1.37. The summed E-state index contributed by atoms with van der Waals surface area (Å²) in [5, 5.41) is 0. The molecule has 0 aliphatic carbocycles. The van der Waals surface area contributed by atoms with Gasteiger partial charge in [-0.05, 0) is 24.6 Å². The largest absolute Gasteiger partial charge is 0.495 e. The van der Waals surface area contributed by atoms with E-state index in [9.17, 15) is 18.0 Å². The first-order chi connectivity index (χ1) is 8.43. The van der Waals surface area contributed by atoms with Crippen LogP contribution in [0.5, 0.6) is 5.75 Å². The van der Waals surface area contributed by atoms with Crippen molar-refractivity contribution in [2.45, 2.75) is 19.0 Å². The summed E-state index contributed by atoms with van der Waals surface area (Å²) in [5.74, 6) is 0.103. The van der Waals surface area contributed by atoms with Gasteiger partial charge in [0.05, 0.1) is 18.4 Å². The van der Waals surface area contributed by atoms with Gasteiger partial charge in [0, 0.05) is 13.0 Å². The Bertz CT molecular complexity index is 471. The number of carbonyl (C=O) groups is 1. The predicted molar refractivity (Wildman–Crippen MR) is 59.6 cm³/mol. The second kappa shape index (κ2) is 4.51. The van der Waals surface area contributed by atoms with Crippen LogP contribution in [0.25, 0.3) is 0 Å². The average molecular weight is 259 g/mol. The standard InChI is InChI=1S/C12H12F3NO2/c1-18-10-5-4-8(12(13,14)15)7-9(10)16-6-2-3-11(16)17/h4-5,7H,2-3,6H2,1H3. The maximum Gasteiger partial charge on any atom is 0.416 e. The van der Waals surface area contributed by atoms with E-state index in [1.165, 1.54) is 18.1 Å². The molecule has 6 heteroatoms. The number of amides is 1. The molecule has 0 N–H and O–H groups in total. The molecular formula is C12H12F3NO2. The van der Waals surface area contributed by atoms with Crippen molar-refractivity contribution in [3.63, 3.8) is 0 Å². The van der Waals surface area contributed by atoms with E-state index in [1.54, 1.807) is 0 Å². The number of ether oxygens (including phenoxy) is 1. The molecule has 1 amide bonds. The molecule has 0 radical (unpaired) electrons. The third kappa shape index (κ3) is 2.27. The fraction of sp³-hybridized carbons (Fsp3) is 0.417. The van der Waals surface area contributed by atoms with Crippen molar-refractivity contribution in [1.29, 1.82) is 0 Å². The second-order valence-electron chi connectivity index (χ2n) is 4.03. The van der Waals surface area contributed by atoms with Crippen LogP contribution in [0, 0.1) is 0 Å². The Balaban J connectivity index is 2.46. The number of nitrogens with zero attached hydrogens (tertiary/aromatic N) is 1. The quantitative estimate of drug-likeness (QED) is 0.817. The highest BCUT2D eigenvalue weighted by molar-refractivity contribution is 5.96. The van der Waals surface area contributed by atoms with Gasteiger partial charge in [0.2, 0.25) is 5.91 Å². The number of hydrogen-bond acceptors (Lipinski definition) is 2. The van der Waals surface area contributed by atoms with Crippen LogP contribution in [-0.2, 0) is 11.0 Å². The summed E-state index contributed by atoms with van der Waals surface area (Å²) >= 11 is 0. The lowest BCUT2D eigenvalue weighted by molar-refractivity contribution is -0.137. The van der Waals surface area contributed by atoms with Crippen molar-refractivity contribution in [1.82, 2.24) is 0 Å². The third-order valence-corrected chi connectivity index (χ3v) is 2.87. The van der Waals surface area contributed by atoms with Crippen molar-refractivity contribution < 1.29 is 22.7 Å². The van der Waals surface area contributed by atoms with Crippen LogP contribution >= 0.6 is 0 Å². The van der Waals surface area contributed by atoms with E-state index in [1.807, 2.05) is 0 Å². The molecule has 1 aliphatic rings. The predicted octanol–water partition coefficient (Wildman–Crippen LogP) is 2.84. The third-order valence-electron chi connectivity index (χ3n) is 2.87. The molecule has 1 fully saturated rings. The molecule has 98 valence electrons. The molecule has 1 aliphatic heterocycles.